The zero-order chi connectivity index (χ0) is 20.4. The van der Waals surface area contributed by atoms with Crippen LogP contribution in [0.2, 0.25) is 0 Å². The van der Waals surface area contributed by atoms with Crippen LogP contribution in [0.4, 0.5) is 11.4 Å². The summed E-state index contributed by atoms with van der Waals surface area (Å²) in [5.74, 6) is -2.03. The summed E-state index contributed by atoms with van der Waals surface area (Å²) >= 11 is 0. The fraction of sp³-hybridized carbons (Fsp3) is 0.238. The number of hydrogen-bond donors (Lipinski definition) is 2. The van der Waals surface area contributed by atoms with E-state index in [-0.39, 0.29) is 36.0 Å². The van der Waals surface area contributed by atoms with Crippen molar-refractivity contribution in [2.75, 3.05) is 17.2 Å². The zero-order valence-corrected chi connectivity index (χ0v) is 15.5. The SMILES string of the molecule is O=C(CN1C(=O)[C@@H]2CC=CC[C@H]2C1=O)Nc1cccc(NC(=O)c2ccco2)c1. The van der Waals surface area contributed by atoms with Gasteiger partial charge in [0.2, 0.25) is 17.7 Å². The van der Waals surface area contributed by atoms with E-state index in [0.29, 0.717) is 24.2 Å². The number of rotatable bonds is 5. The molecular formula is C21H19N3O5. The van der Waals surface area contributed by atoms with Crippen LogP contribution >= 0.6 is 0 Å². The van der Waals surface area contributed by atoms with Crippen LogP contribution in [0.25, 0.3) is 0 Å². The van der Waals surface area contributed by atoms with Gasteiger partial charge in [-0.05, 0) is 43.2 Å². The lowest BCUT2D eigenvalue weighted by Gasteiger charge is -2.15. The molecule has 4 rings (SSSR count). The molecule has 0 saturated carbocycles. The fourth-order valence-corrected chi connectivity index (χ4v) is 3.64. The quantitative estimate of drug-likeness (QED) is 0.599. The van der Waals surface area contributed by atoms with Gasteiger partial charge in [-0.3, -0.25) is 24.1 Å². The molecule has 2 N–H and O–H groups in total. The minimum atomic E-state index is -0.479. The molecule has 0 radical (unpaired) electrons. The number of furan rings is 1. The molecule has 4 amide bonds. The molecule has 1 aliphatic carbocycles. The maximum absolute atomic E-state index is 12.5. The number of fused-ring (bicyclic) bond motifs is 1. The van der Waals surface area contributed by atoms with Crippen LogP contribution in [-0.4, -0.2) is 35.1 Å². The zero-order valence-electron chi connectivity index (χ0n) is 15.5. The second-order valence-electron chi connectivity index (χ2n) is 6.98. The molecule has 0 spiro atoms. The Hall–Kier alpha value is -3.68. The Morgan fingerprint density at radius 3 is 2.24 bits per heavy atom. The topological polar surface area (TPSA) is 109 Å². The van der Waals surface area contributed by atoms with Gasteiger partial charge in [-0.1, -0.05) is 18.2 Å². The molecule has 0 unspecified atom stereocenters. The standard InChI is InChI=1S/C21H19N3O5/c25-18(12-24-20(27)15-7-1-2-8-16(15)21(24)28)22-13-5-3-6-14(11-13)23-19(26)17-9-4-10-29-17/h1-6,9-11,15-16H,7-8,12H2,(H,22,25)(H,23,26)/t15-,16-/m1/s1. The second kappa shape index (κ2) is 7.75. The third-order valence-electron chi connectivity index (χ3n) is 5.05. The molecule has 8 nitrogen and oxygen atoms in total. The lowest BCUT2D eigenvalue weighted by molar-refractivity contribution is -0.142. The van der Waals surface area contributed by atoms with Crippen LogP contribution in [0.15, 0.2) is 59.2 Å². The molecule has 1 aliphatic heterocycles. The van der Waals surface area contributed by atoms with Crippen molar-refractivity contribution in [1.82, 2.24) is 4.90 Å². The summed E-state index contributed by atoms with van der Waals surface area (Å²) in [6.45, 7) is -0.326. The molecule has 29 heavy (non-hydrogen) atoms. The smallest absolute Gasteiger partial charge is 0.291 e. The average Bonchev–Trinajstić information content (AvgIpc) is 3.33. The van der Waals surface area contributed by atoms with Crippen molar-refractivity contribution in [2.45, 2.75) is 12.8 Å². The lowest BCUT2D eigenvalue weighted by atomic mass is 9.85. The number of hydrogen-bond acceptors (Lipinski definition) is 5. The number of imide groups is 1. The average molecular weight is 393 g/mol. The highest BCUT2D eigenvalue weighted by Gasteiger charge is 2.47. The van der Waals surface area contributed by atoms with E-state index >= 15 is 0 Å². The van der Waals surface area contributed by atoms with Gasteiger partial charge >= 0.3 is 0 Å². The van der Waals surface area contributed by atoms with Crippen molar-refractivity contribution in [3.63, 3.8) is 0 Å². The first kappa shape index (κ1) is 18.7. The highest BCUT2D eigenvalue weighted by atomic mass is 16.3. The Labute approximate surface area is 166 Å². The molecule has 2 heterocycles. The number of amides is 4. The summed E-state index contributed by atoms with van der Waals surface area (Å²) < 4.78 is 5.04. The van der Waals surface area contributed by atoms with E-state index in [9.17, 15) is 19.2 Å². The molecule has 1 fully saturated rings. The second-order valence-corrected chi connectivity index (χ2v) is 6.98. The lowest BCUT2D eigenvalue weighted by Crippen LogP contribution is -2.38. The van der Waals surface area contributed by atoms with Gasteiger partial charge in [0.15, 0.2) is 5.76 Å². The molecule has 148 valence electrons. The van der Waals surface area contributed by atoms with Gasteiger partial charge < -0.3 is 15.1 Å². The molecule has 8 heteroatoms. The van der Waals surface area contributed by atoms with Crippen LogP contribution in [0, 0.1) is 11.8 Å². The Morgan fingerprint density at radius 2 is 1.62 bits per heavy atom. The number of anilines is 2. The molecule has 1 saturated heterocycles. The van der Waals surface area contributed by atoms with Crippen LogP contribution in [0.5, 0.6) is 0 Å². The predicted octanol–water partition coefficient (Wildman–Crippen LogP) is 2.42. The maximum atomic E-state index is 12.5. The normalized spacial score (nSPS) is 20.5. The predicted molar refractivity (Wildman–Crippen MR) is 104 cm³/mol. The van der Waals surface area contributed by atoms with Crippen molar-refractivity contribution in [1.29, 1.82) is 0 Å². The number of allylic oxidation sites excluding steroid dienone is 2. The fourth-order valence-electron chi connectivity index (χ4n) is 3.64. The number of carbonyl (C=O) groups excluding carboxylic acids is 4. The largest absolute Gasteiger partial charge is 0.459 e. The van der Waals surface area contributed by atoms with Crippen LogP contribution in [0.3, 0.4) is 0 Å². The molecule has 1 aromatic heterocycles. The number of likely N-dealkylation sites (tertiary alicyclic amines) is 1. The first-order chi connectivity index (χ1) is 14.0. The summed E-state index contributed by atoms with van der Waals surface area (Å²) in [4.78, 5) is 50.4. The molecule has 2 atom stereocenters. The highest BCUT2D eigenvalue weighted by molar-refractivity contribution is 6.09. The van der Waals surface area contributed by atoms with Crippen LogP contribution < -0.4 is 10.6 Å². The van der Waals surface area contributed by atoms with Gasteiger partial charge in [-0.15, -0.1) is 0 Å². The minimum Gasteiger partial charge on any atom is -0.459 e. The van der Waals surface area contributed by atoms with E-state index < -0.39 is 11.8 Å². The Bertz CT molecular complexity index is 970. The summed E-state index contributed by atoms with van der Waals surface area (Å²) in [5, 5.41) is 5.33. The Morgan fingerprint density at radius 1 is 0.966 bits per heavy atom. The van der Waals surface area contributed by atoms with Gasteiger partial charge in [0.05, 0.1) is 18.1 Å². The van der Waals surface area contributed by atoms with Crippen LogP contribution in [0.1, 0.15) is 23.4 Å². The van der Waals surface area contributed by atoms with Crippen molar-refractivity contribution in [3.05, 3.63) is 60.6 Å². The highest BCUT2D eigenvalue weighted by Crippen LogP contribution is 2.34. The van der Waals surface area contributed by atoms with E-state index in [4.69, 9.17) is 4.42 Å². The van der Waals surface area contributed by atoms with Gasteiger partial charge in [-0.25, -0.2) is 0 Å². The van der Waals surface area contributed by atoms with E-state index in [1.54, 1.807) is 30.3 Å². The van der Waals surface area contributed by atoms with Gasteiger partial charge in [0, 0.05) is 11.4 Å². The molecule has 2 aliphatic rings. The summed E-state index contributed by atoms with van der Waals surface area (Å²) in [7, 11) is 0. The summed E-state index contributed by atoms with van der Waals surface area (Å²) in [5.41, 5.74) is 0.903. The van der Waals surface area contributed by atoms with Crippen molar-refractivity contribution < 1.29 is 23.6 Å². The maximum Gasteiger partial charge on any atom is 0.291 e. The first-order valence-electron chi connectivity index (χ1n) is 9.28. The Balaban J connectivity index is 1.38. The van der Waals surface area contributed by atoms with E-state index in [2.05, 4.69) is 10.6 Å². The third-order valence-corrected chi connectivity index (χ3v) is 5.05. The molecule has 1 aromatic carbocycles. The van der Waals surface area contributed by atoms with E-state index in [1.165, 1.54) is 12.3 Å². The third kappa shape index (κ3) is 3.82. The van der Waals surface area contributed by atoms with Gasteiger partial charge in [-0.2, -0.15) is 0 Å². The van der Waals surface area contributed by atoms with Crippen LogP contribution in [-0.2, 0) is 14.4 Å². The van der Waals surface area contributed by atoms with E-state index in [1.807, 2.05) is 12.2 Å². The van der Waals surface area contributed by atoms with Gasteiger partial charge in [0.1, 0.15) is 6.54 Å². The number of nitrogens with one attached hydrogen (secondary N) is 2. The molecule has 2 aromatic rings. The number of benzene rings is 1. The monoisotopic (exact) mass is 393 g/mol. The van der Waals surface area contributed by atoms with E-state index in [0.717, 1.165) is 4.90 Å². The Kier molecular flexibility index (Phi) is 4.99. The van der Waals surface area contributed by atoms with Gasteiger partial charge in [0.25, 0.3) is 5.91 Å². The molecule has 0 bridgehead atoms. The number of nitrogens with zero attached hydrogens (tertiary/aromatic N) is 1. The van der Waals surface area contributed by atoms with Crippen molar-refractivity contribution in [3.8, 4) is 0 Å². The first-order valence-corrected chi connectivity index (χ1v) is 9.28. The molecular weight excluding hydrogens is 374 g/mol. The minimum absolute atomic E-state index is 0.168. The van der Waals surface area contributed by atoms with Crippen molar-refractivity contribution >= 4 is 35.0 Å². The van der Waals surface area contributed by atoms with Crippen molar-refractivity contribution in [2.24, 2.45) is 11.8 Å². The number of carbonyl (C=O) groups is 4. The summed E-state index contributed by atoms with van der Waals surface area (Å²) in [6, 6.07) is 9.71. The summed E-state index contributed by atoms with van der Waals surface area (Å²) in [6.07, 6.45) is 6.27.